The van der Waals surface area contributed by atoms with Gasteiger partial charge in [0.05, 0.1) is 17.4 Å². The van der Waals surface area contributed by atoms with Crippen molar-refractivity contribution < 1.29 is 17.5 Å². The number of halogens is 2. The maximum absolute atomic E-state index is 13.4. The minimum atomic E-state index is -3.23. The summed E-state index contributed by atoms with van der Waals surface area (Å²) in [6, 6.07) is 4.19. The first kappa shape index (κ1) is 17.5. The molecule has 0 radical (unpaired) electrons. The Balaban J connectivity index is 1.97. The van der Waals surface area contributed by atoms with Crippen molar-refractivity contribution in [3.8, 4) is 5.75 Å². The van der Waals surface area contributed by atoms with Crippen LogP contribution in [0.4, 0.5) is 4.39 Å². The van der Waals surface area contributed by atoms with Crippen LogP contribution in [0, 0.1) is 11.7 Å². The van der Waals surface area contributed by atoms with E-state index in [1.54, 1.807) is 13.0 Å². The van der Waals surface area contributed by atoms with Crippen LogP contribution < -0.4 is 9.46 Å². The van der Waals surface area contributed by atoms with Crippen LogP contribution in [0.5, 0.6) is 5.75 Å². The number of rotatable bonds is 6. The summed E-state index contributed by atoms with van der Waals surface area (Å²) in [6.45, 7) is 1.98. The fourth-order valence-corrected chi connectivity index (χ4v) is 3.70. The second kappa shape index (κ2) is 7.62. The molecule has 2 atom stereocenters. The van der Waals surface area contributed by atoms with Gasteiger partial charge in [0.1, 0.15) is 11.6 Å². The highest BCUT2D eigenvalue weighted by molar-refractivity contribution is 7.89. The molecule has 0 spiro atoms. The Morgan fingerprint density at radius 1 is 1.36 bits per heavy atom. The molecule has 0 heterocycles. The van der Waals surface area contributed by atoms with Crippen molar-refractivity contribution in [3.63, 3.8) is 0 Å². The molecule has 1 aliphatic rings. The largest absolute Gasteiger partial charge is 0.493 e. The Hall–Kier alpha value is -0.850. The Labute approximate surface area is 136 Å². The monoisotopic (exact) mass is 349 g/mol. The smallest absolute Gasteiger partial charge is 0.211 e. The fraction of sp³-hybridized carbons (Fsp3) is 0.600. The highest BCUT2D eigenvalue weighted by Crippen LogP contribution is 2.27. The summed E-state index contributed by atoms with van der Waals surface area (Å²) >= 11 is 5.63. The molecule has 2 rings (SSSR count). The average Bonchev–Trinajstić information content (AvgIpc) is 2.49. The molecule has 1 aromatic carbocycles. The van der Waals surface area contributed by atoms with Gasteiger partial charge in [0.15, 0.2) is 0 Å². The van der Waals surface area contributed by atoms with Crippen LogP contribution in [-0.4, -0.2) is 26.8 Å². The van der Waals surface area contributed by atoms with E-state index in [-0.39, 0.29) is 22.7 Å². The van der Waals surface area contributed by atoms with Crippen LogP contribution in [0.1, 0.15) is 32.6 Å². The van der Waals surface area contributed by atoms with E-state index >= 15 is 0 Å². The molecule has 0 bridgehead atoms. The molecule has 1 aromatic rings. The maximum atomic E-state index is 13.4. The summed E-state index contributed by atoms with van der Waals surface area (Å²) in [5, 5.41) is 0.0543. The predicted octanol–water partition coefficient (Wildman–Crippen LogP) is 3.36. The molecule has 0 amide bonds. The Morgan fingerprint density at radius 2 is 2.09 bits per heavy atom. The highest BCUT2D eigenvalue weighted by Gasteiger charge is 2.28. The molecular weight excluding hydrogens is 329 g/mol. The van der Waals surface area contributed by atoms with E-state index in [1.165, 1.54) is 12.1 Å². The molecule has 124 valence electrons. The van der Waals surface area contributed by atoms with E-state index in [2.05, 4.69) is 4.72 Å². The molecule has 1 N–H and O–H groups in total. The lowest BCUT2D eigenvalue weighted by Gasteiger charge is -2.31. The molecule has 0 aromatic heterocycles. The van der Waals surface area contributed by atoms with Crippen LogP contribution in [0.25, 0.3) is 0 Å². The average molecular weight is 350 g/mol. The number of hydrogen-bond acceptors (Lipinski definition) is 3. The third-order valence-corrected chi connectivity index (χ3v) is 5.70. The van der Waals surface area contributed by atoms with Gasteiger partial charge in [-0.25, -0.2) is 17.5 Å². The first-order chi connectivity index (χ1) is 10.4. The second-order valence-corrected chi connectivity index (χ2v) is 8.01. The van der Waals surface area contributed by atoms with Crippen molar-refractivity contribution in [1.82, 2.24) is 4.72 Å². The van der Waals surface area contributed by atoms with Crippen LogP contribution in [-0.2, 0) is 10.0 Å². The highest BCUT2D eigenvalue weighted by atomic mass is 35.5. The van der Waals surface area contributed by atoms with E-state index in [1.807, 2.05) is 0 Å². The van der Waals surface area contributed by atoms with Crippen molar-refractivity contribution in [2.24, 2.45) is 5.92 Å². The number of benzene rings is 1. The quantitative estimate of drug-likeness (QED) is 0.856. The molecule has 4 nitrogen and oxygen atoms in total. The van der Waals surface area contributed by atoms with E-state index < -0.39 is 15.8 Å². The van der Waals surface area contributed by atoms with Gasteiger partial charge >= 0.3 is 0 Å². The van der Waals surface area contributed by atoms with Gasteiger partial charge in [0.2, 0.25) is 10.0 Å². The van der Waals surface area contributed by atoms with Crippen molar-refractivity contribution in [2.45, 2.75) is 38.6 Å². The molecule has 0 aliphatic heterocycles. The van der Waals surface area contributed by atoms with Crippen LogP contribution in [0.15, 0.2) is 18.2 Å². The Kier molecular flexibility index (Phi) is 6.06. The lowest BCUT2D eigenvalue weighted by atomic mass is 9.86. The minimum absolute atomic E-state index is 0.0543. The van der Waals surface area contributed by atoms with Gasteiger partial charge in [0.25, 0.3) is 0 Å². The number of nitrogens with one attached hydrogen (secondary N) is 1. The molecule has 1 saturated carbocycles. The molecule has 0 unspecified atom stereocenters. The summed E-state index contributed by atoms with van der Waals surface area (Å²) < 4.78 is 45.3. The SMILES string of the molecule is CCS(=O)(=O)N[C@H]1CCCC[C@@H]1COc1ccc(Cl)c(F)c1. The normalized spacial score (nSPS) is 22.5. The van der Waals surface area contributed by atoms with Crippen LogP contribution >= 0.6 is 11.6 Å². The van der Waals surface area contributed by atoms with Crippen molar-refractivity contribution in [2.75, 3.05) is 12.4 Å². The summed E-state index contributed by atoms with van der Waals surface area (Å²) in [7, 11) is -3.23. The van der Waals surface area contributed by atoms with Gasteiger partial charge < -0.3 is 4.74 Å². The maximum Gasteiger partial charge on any atom is 0.211 e. The fourth-order valence-electron chi connectivity index (χ4n) is 2.65. The van der Waals surface area contributed by atoms with Gasteiger partial charge in [-0.1, -0.05) is 24.4 Å². The van der Waals surface area contributed by atoms with Gasteiger partial charge in [-0.05, 0) is 31.9 Å². The van der Waals surface area contributed by atoms with Crippen molar-refractivity contribution in [1.29, 1.82) is 0 Å². The summed E-state index contributed by atoms with van der Waals surface area (Å²) in [4.78, 5) is 0. The number of sulfonamides is 1. The predicted molar refractivity (Wildman–Crippen MR) is 85.2 cm³/mol. The third kappa shape index (κ3) is 4.83. The zero-order chi connectivity index (χ0) is 16.2. The molecule has 22 heavy (non-hydrogen) atoms. The molecule has 1 aliphatic carbocycles. The third-order valence-electron chi connectivity index (χ3n) is 3.98. The van der Waals surface area contributed by atoms with Gasteiger partial charge in [0, 0.05) is 18.0 Å². The second-order valence-electron chi connectivity index (χ2n) is 5.56. The summed E-state index contributed by atoms with van der Waals surface area (Å²) in [5.74, 6) is 0.0452. The van der Waals surface area contributed by atoms with Crippen molar-refractivity contribution >= 4 is 21.6 Å². The Morgan fingerprint density at radius 3 is 2.77 bits per heavy atom. The molecular formula is C15H21ClFNO3S. The summed E-state index contributed by atoms with van der Waals surface area (Å²) in [5.41, 5.74) is 0. The topological polar surface area (TPSA) is 55.4 Å². The number of ether oxygens (including phenoxy) is 1. The molecule has 0 saturated heterocycles. The molecule has 1 fully saturated rings. The van der Waals surface area contributed by atoms with E-state index in [0.717, 1.165) is 25.7 Å². The lowest BCUT2D eigenvalue weighted by Crippen LogP contribution is -2.44. The van der Waals surface area contributed by atoms with Crippen LogP contribution in [0.3, 0.4) is 0 Å². The first-order valence-corrected chi connectivity index (χ1v) is 9.52. The standard InChI is InChI=1S/C15H21ClFNO3S/c1-2-22(19,20)18-15-6-4-3-5-11(15)10-21-12-7-8-13(16)14(17)9-12/h7-9,11,15,18H,2-6,10H2,1H3/t11-,15+/m1/s1. The van der Waals surface area contributed by atoms with E-state index in [0.29, 0.717) is 12.4 Å². The lowest BCUT2D eigenvalue weighted by molar-refractivity contribution is 0.180. The van der Waals surface area contributed by atoms with Gasteiger partial charge in [-0.2, -0.15) is 0 Å². The first-order valence-electron chi connectivity index (χ1n) is 7.49. The van der Waals surface area contributed by atoms with Crippen LogP contribution in [0.2, 0.25) is 5.02 Å². The minimum Gasteiger partial charge on any atom is -0.493 e. The number of hydrogen-bond donors (Lipinski definition) is 1. The van der Waals surface area contributed by atoms with E-state index in [4.69, 9.17) is 16.3 Å². The zero-order valence-electron chi connectivity index (χ0n) is 12.5. The van der Waals surface area contributed by atoms with Gasteiger partial charge in [-0.3, -0.25) is 0 Å². The van der Waals surface area contributed by atoms with E-state index in [9.17, 15) is 12.8 Å². The van der Waals surface area contributed by atoms with Gasteiger partial charge in [-0.15, -0.1) is 0 Å². The Bertz CT molecular complexity index is 609. The molecule has 7 heteroatoms. The zero-order valence-corrected chi connectivity index (χ0v) is 14.1. The van der Waals surface area contributed by atoms with Crippen molar-refractivity contribution in [3.05, 3.63) is 29.0 Å². The summed E-state index contributed by atoms with van der Waals surface area (Å²) in [6.07, 6.45) is 3.76.